The van der Waals surface area contributed by atoms with Gasteiger partial charge in [-0.05, 0) is 30.0 Å². The van der Waals surface area contributed by atoms with E-state index in [9.17, 15) is 0 Å². The van der Waals surface area contributed by atoms with Crippen molar-refractivity contribution in [2.75, 3.05) is 6.54 Å². The van der Waals surface area contributed by atoms with Gasteiger partial charge >= 0.3 is 0 Å². The number of nitrogens with one attached hydrogen (secondary N) is 1. The molecule has 0 bridgehead atoms. The Morgan fingerprint density at radius 2 is 2.12 bits per heavy atom. The van der Waals surface area contributed by atoms with Gasteiger partial charge in [-0.15, -0.1) is 11.3 Å². The van der Waals surface area contributed by atoms with E-state index in [0.717, 1.165) is 18.0 Å². The molecule has 0 aliphatic rings. The van der Waals surface area contributed by atoms with E-state index >= 15 is 0 Å². The number of nitriles is 1. The zero-order valence-electron chi connectivity index (χ0n) is 10.5. The van der Waals surface area contributed by atoms with Gasteiger partial charge in [-0.3, -0.25) is 0 Å². The Labute approximate surface area is 102 Å². The first-order chi connectivity index (χ1) is 7.43. The second-order valence-electron chi connectivity index (χ2n) is 5.28. The highest BCUT2D eigenvalue weighted by molar-refractivity contribution is 7.12. The lowest BCUT2D eigenvalue weighted by Gasteiger charge is -2.27. The summed E-state index contributed by atoms with van der Waals surface area (Å²) in [6, 6.07) is 6.07. The molecule has 88 valence electrons. The number of hydrogen-bond acceptors (Lipinski definition) is 3. The van der Waals surface area contributed by atoms with Crippen LogP contribution in [-0.2, 0) is 6.54 Å². The molecule has 2 nitrogen and oxygen atoms in total. The van der Waals surface area contributed by atoms with Gasteiger partial charge in [-0.1, -0.05) is 27.7 Å². The molecule has 1 aromatic heterocycles. The van der Waals surface area contributed by atoms with Gasteiger partial charge < -0.3 is 5.32 Å². The summed E-state index contributed by atoms with van der Waals surface area (Å²) in [5, 5.41) is 12.2. The molecule has 0 saturated carbocycles. The van der Waals surface area contributed by atoms with E-state index in [1.807, 2.05) is 12.1 Å². The molecule has 1 heterocycles. The van der Waals surface area contributed by atoms with Crippen LogP contribution in [0.1, 0.15) is 37.4 Å². The molecular formula is C13H20N2S. The van der Waals surface area contributed by atoms with Crippen LogP contribution < -0.4 is 5.32 Å². The monoisotopic (exact) mass is 236 g/mol. The van der Waals surface area contributed by atoms with E-state index in [4.69, 9.17) is 5.26 Å². The minimum absolute atomic E-state index is 0.347. The maximum atomic E-state index is 8.71. The molecule has 1 N–H and O–H groups in total. The van der Waals surface area contributed by atoms with Crippen molar-refractivity contribution in [3.63, 3.8) is 0 Å². The predicted molar refractivity (Wildman–Crippen MR) is 69.4 cm³/mol. The summed E-state index contributed by atoms with van der Waals surface area (Å²) in [5.41, 5.74) is 0.347. The summed E-state index contributed by atoms with van der Waals surface area (Å²) in [7, 11) is 0. The van der Waals surface area contributed by atoms with Crippen LogP contribution in [0.3, 0.4) is 0 Å². The molecule has 1 unspecified atom stereocenters. The van der Waals surface area contributed by atoms with Crippen molar-refractivity contribution in [2.24, 2.45) is 11.3 Å². The Morgan fingerprint density at radius 1 is 1.44 bits per heavy atom. The molecule has 1 rings (SSSR count). The smallest absolute Gasteiger partial charge is 0.110 e. The number of hydrogen-bond donors (Lipinski definition) is 1. The molecule has 0 spiro atoms. The van der Waals surface area contributed by atoms with Gasteiger partial charge in [0, 0.05) is 11.4 Å². The standard InChI is InChI=1S/C13H20N2S/c1-10(13(2,3)4)8-15-9-12-6-5-11(7-14)16-12/h5-6,10,15H,8-9H2,1-4H3. The van der Waals surface area contributed by atoms with Crippen LogP contribution in [0, 0.1) is 22.7 Å². The van der Waals surface area contributed by atoms with Gasteiger partial charge in [-0.25, -0.2) is 0 Å². The normalized spacial score (nSPS) is 13.4. The average Bonchev–Trinajstić information content (AvgIpc) is 2.64. The third kappa shape index (κ3) is 3.96. The highest BCUT2D eigenvalue weighted by atomic mass is 32.1. The second kappa shape index (κ2) is 5.47. The summed E-state index contributed by atoms with van der Waals surface area (Å²) < 4.78 is 0. The van der Waals surface area contributed by atoms with Crippen molar-refractivity contribution in [3.05, 3.63) is 21.9 Å². The third-order valence-corrected chi connectivity index (χ3v) is 3.99. The van der Waals surface area contributed by atoms with Crippen LogP contribution in [-0.4, -0.2) is 6.54 Å². The lowest BCUT2D eigenvalue weighted by atomic mass is 9.82. The molecule has 0 aromatic carbocycles. The van der Waals surface area contributed by atoms with E-state index in [1.54, 1.807) is 11.3 Å². The summed E-state index contributed by atoms with van der Waals surface area (Å²) in [6.07, 6.45) is 0. The van der Waals surface area contributed by atoms with Gasteiger partial charge in [0.2, 0.25) is 0 Å². The van der Waals surface area contributed by atoms with Crippen molar-refractivity contribution in [2.45, 2.75) is 34.2 Å². The highest BCUT2D eigenvalue weighted by Gasteiger charge is 2.19. The summed E-state index contributed by atoms with van der Waals surface area (Å²) in [6.45, 7) is 10.9. The fraction of sp³-hybridized carbons (Fsp3) is 0.615. The zero-order chi connectivity index (χ0) is 12.2. The van der Waals surface area contributed by atoms with E-state index in [0.29, 0.717) is 11.3 Å². The van der Waals surface area contributed by atoms with E-state index < -0.39 is 0 Å². The molecule has 0 aliphatic carbocycles. The Balaban J connectivity index is 2.34. The molecule has 3 heteroatoms. The molecule has 1 atom stereocenters. The van der Waals surface area contributed by atoms with Crippen LogP contribution in [0.4, 0.5) is 0 Å². The van der Waals surface area contributed by atoms with E-state index in [-0.39, 0.29) is 0 Å². The van der Waals surface area contributed by atoms with Gasteiger partial charge in [0.1, 0.15) is 10.9 Å². The zero-order valence-corrected chi connectivity index (χ0v) is 11.3. The van der Waals surface area contributed by atoms with Crippen molar-refractivity contribution < 1.29 is 0 Å². The van der Waals surface area contributed by atoms with Gasteiger partial charge in [0.25, 0.3) is 0 Å². The van der Waals surface area contributed by atoms with E-state index in [1.165, 1.54) is 4.88 Å². The van der Waals surface area contributed by atoms with Crippen LogP contribution >= 0.6 is 11.3 Å². The molecule has 1 aromatic rings. The number of thiophene rings is 1. The van der Waals surface area contributed by atoms with Crippen molar-refractivity contribution in [1.82, 2.24) is 5.32 Å². The Hall–Kier alpha value is -0.850. The first-order valence-electron chi connectivity index (χ1n) is 5.63. The number of nitrogens with zero attached hydrogens (tertiary/aromatic N) is 1. The fourth-order valence-corrected chi connectivity index (χ4v) is 2.03. The molecule has 0 radical (unpaired) electrons. The third-order valence-electron chi connectivity index (χ3n) is 3.00. The van der Waals surface area contributed by atoms with Crippen LogP contribution in [0.25, 0.3) is 0 Å². The van der Waals surface area contributed by atoms with Gasteiger partial charge in [0.15, 0.2) is 0 Å². The second-order valence-corrected chi connectivity index (χ2v) is 6.44. The summed E-state index contributed by atoms with van der Waals surface area (Å²) >= 11 is 1.57. The predicted octanol–water partition coefficient (Wildman–Crippen LogP) is 3.39. The van der Waals surface area contributed by atoms with Crippen molar-refractivity contribution in [1.29, 1.82) is 5.26 Å². The molecular weight excluding hydrogens is 216 g/mol. The number of rotatable bonds is 4. The summed E-state index contributed by atoms with van der Waals surface area (Å²) in [5.74, 6) is 0.642. The SMILES string of the molecule is CC(CNCc1ccc(C#N)s1)C(C)(C)C. The minimum atomic E-state index is 0.347. The van der Waals surface area contributed by atoms with Crippen LogP contribution in [0.2, 0.25) is 0 Å². The summed E-state index contributed by atoms with van der Waals surface area (Å²) in [4.78, 5) is 2.03. The topological polar surface area (TPSA) is 35.8 Å². The van der Waals surface area contributed by atoms with Crippen molar-refractivity contribution in [3.8, 4) is 6.07 Å². The maximum Gasteiger partial charge on any atom is 0.110 e. The Kier molecular flexibility index (Phi) is 4.52. The molecule has 0 aliphatic heterocycles. The van der Waals surface area contributed by atoms with E-state index in [2.05, 4.69) is 39.1 Å². The first-order valence-corrected chi connectivity index (χ1v) is 6.44. The molecule has 0 fully saturated rings. The Morgan fingerprint density at radius 3 is 2.62 bits per heavy atom. The minimum Gasteiger partial charge on any atom is -0.312 e. The highest BCUT2D eigenvalue weighted by Crippen LogP contribution is 2.24. The van der Waals surface area contributed by atoms with Crippen LogP contribution in [0.15, 0.2) is 12.1 Å². The molecule has 0 saturated heterocycles. The van der Waals surface area contributed by atoms with Crippen LogP contribution in [0.5, 0.6) is 0 Å². The van der Waals surface area contributed by atoms with Gasteiger partial charge in [-0.2, -0.15) is 5.26 Å². The molecule has 0 amide bonds. The lowest BCUT2D eigenvalue weighted by Crippen LogP contribution is -2.29. The lowest BCUT2D eigenvalue weighted by molar-refractivity contribution is 0.253. The largest absolute Gasteiger partial charge is 0.312 e. The first kappa shape index (κ1) is 13.2. The average molecular weight is 236 g/mol. The van der Waals surface area contributed by atoms with Crippen molar-refractivity contribution >= 4 is 11.3 Å². The molecule has 16 heavy (non-hydrogen) atoms. The maximum absolute atomic E-state index is 8.71. The van der Waals surface area contributed by atoms with Gasteiger partial charge in [0.05, 0.1) is 0 Å². The quantitative estimate of drug-likeness (QED) is 0.869. The Bertz CT molecular complexity index is 368. The fourth-order valence-electron chi connectivity index (χ4n) is 1.25.